The molecule has 124 valence electrons. The van der Waals surface area contributed by atoms with Crippen molar-refractivity contribution in [3.63, 3.8) is 0 Å². The highest BCUT2D eigenvalue weighted by molar-refractivity contribution is 5.69. The second-order valence-corrected chi connectivity index (χ2v) is 6.82. The van der Waals surface area contributed by atoms with E-state index in [1.54, 1.807) is 0 Å². The van der Waals surface area contributed by atoms with E-state index in [2.05, 4.69) is 0 Å². The zero-order valence-electron chi connectivity index (χ0n) is 12.7. The molecule has 1 aliphatic carbocycles. The van der Waals surface area contributed by atoms with E-state index in [0.717, 1.165) is 65.0 Å². The molecule has 4 rings (SSSR count). The van der Waals surface area contributed by atoms with Gasteiger partial charge in [0.25, 0.3) is 6.47 Å². The number of carbonyl (C=O) groups excluding carboxylic acids is 1. The standard InChI is InChI=1S/C14H21NO4.CH2O2/c16-12(15-7-13(8-15)5-6-17-9-13)19-11-1-3-14(4-2-11)10-18-14;2-1-3/h11H,1-10H2;1H,(H,2,3). The van der Waals surface area contributed by atoms with Gasteiger partial charge in [-0.15, -0.1) is 0 Å². The van der Waals surface area contributed by atoms with Crippen LogP contribution >= 0.6 is 0 Å². The number of carboxylic acid groups (broad SMARTS) is 1. The quantitative estimate of drug-likeness (QED) is 0.579. The lowest BCUT2D eigenvalue weighted by molar-refractivity contribution is -0.122. The van der Waals surface area contributed by atoms with Crippen LogP contribution in [-0.4, -0.2) is 67.2 Å². The zero-order chi connectivity index (χ0) is 15.6. The summed E-state index contributed by atoms with van der Waals surface area (Å²) in [5.74, 6) is 0. The first-order valence-electron chi connectivity index (χ1n) is 7.86. The van der Waals surface area contributed by atoms with E-state index >= 15 is 0 Å². The van der Waals surface area contributed by atoms with Crippen LogP contribution in [0.1, 0.15) is 32.1 Å². The van der Waals surface area contributed by atoms with Crippen LogP contribution in [0.5, 0.6) is 0 Å². The third kappa shape index (κ3) is 3.20. The molecule has 4 fully saturated rings. The molecule has 0 aromatic rings. The van der Waals surface area contributed by atoms with E-state index in [0.29, 0.717) is 0 Å². The van der Waals surface area contributed by atoms with E-state index in [9.17, 15) is 4.79 Å². The highest BCUT2D eigenvalue weighted by atomic mass is 16.6. The molecule has 7 heteroatoms. The van der Waals surface area contributed by atoms with E-state index < -0.39 is 0 Å². The molecule has 3 aliphatic heterocycles. The molecule has 0 aromatic carbocycles. The molecule has 3 saturated heterocycles. The summed E-state index contributed by atoms with van der Waals surface area (Å²) < 4.78 is 16.5. The third-order valence-corrected chi connectivity index (χ3v) is 5.16. The minimum Gasteiger partial charge on any atom is -0.483 e. The van der Waals surface area contributed by atoms with Gasteiger partial charge in [-0.3, -0.25) is 4.79 Å². The lowest BCUT2D eigenvalue weighted by Gasteiger charge is -2.46. The Bertz CT molecular complexity index is 412. The number of nitrogens with zero attached hydrogens (tertiary/aromatic N) is 1. The number of hydrogen-bond donors (Lipinski definition) is 1. The molecule has 0 aromatic heterocycles. The van der Waals surface area contributed by atoms with E-state index in [4.69, 9.17) is 24.1 Å². The summed E-state index contributed by atoms with van der Waals surface area (Å²) in [7, 11) is 0. The van der Waals surface area contributed by atoms with Gasteiger partial charge in [-0.25, -0.2) is 4.79 Å². The van der Waals surface area contributed by atoms with Gasteiger partial charge >= 0.3 is 6.09 Å². The van der Waals surface area contributed by atoms with Gasteiger partial charge in [0.15, 0.2) is 0 Å². The van der Waals surface area contributed by atoms with Crippen LogP contribution in [-0.2, 0) is 19.0 Å². The Morgan fingerprint density at radius 3 is 2.36 bits per heavy atom. The lowest BCUT2D eigenvalue weighted by Crippen LogP contribution is -2.59. The molecule has 22 heavy (non-hydrogen) atoms. The fraction of sp³-hybridized carbons (Fsp3) is 0.867. The van der Waals surface area contributed by atoms with Crippen molar-refractivity contribution < 1.29 is 28.9 Å². The van der Waals surface area contributed by atoms with Crippen LogP contribution in [0.4, 0.5) is 4.79 Å². The Hall–Kier alpha value is -1.34. The molecule has 0 radical (unpaired) electrons. The first kappa shape index (κ1) is 15.6. The van der Waals surface area contributed by atoms with Crippen molar-refractivity contribution in [2.45, 2.75) is 43.8 Å². The predicted molar refractivity (Wildman–Crippen MR) is 75.6 cm³/mol. The molecule has 1 N–H and O–H groups in total. The van der Waals surface area contributed by atoms with Gasteiger partial charge in [0.2, 0.25) is 0 Å². The maximum atomic E-state index is 12.0. The molecule has 4 aliphatic rings. The number of hydrogen-bond acceptors (Lipinski definition) is 5. The summed E-state index contributed by atoms with van der Waals surface area (Å²) in [5.41, 5.74) is 0.419. The largest absolute Gasteiger partial charge is 0.483 e. The maximum Gasteiger partial charge on any atom is 0.410 e. The number of rotatable bonds is 1. The predicted octanol–water partition coefficient (Wildman–Crippen LogP) is 1.26. The zero-order valence-corrected chi connectivity index (χ0v) is 12.7. The van der Waals surface area contributed by atoms with Gasteiger partial charge < -0.3 is 24.2 Å². The van der Waals surface area contributed by atoms with Gasteiger partial charge in [0, 0.05) is 25.1 Å². The summed E-state index contributed by atoms with van der Waals surface area (Å²) in [5, 5.41) is 6.89. The minimum atomic E-state index is -0.250. The first-order chi connectivity index (χ1) is 10.6. The number of carbonyl (C=O) groups is 2. The average Bonchev–Trinajstić information content (AvgIpc) is 3.03. The van der Waals surface area contributed by atoms with Crippen LogP contribution in [0.3, 0.4) is 0 Å². The van der Waals surface area contributed by atoms with E-state index in [1.807, 2.05) is 4.90 Å². The van der Waals surface area contributed by atoms with Gasteiger partial charge in [-0.1, -0.05) is 0 Å². The molecule has 0 unspecified atom stereocenters. The van der Waals surface area contributed by atoms with Crippen molar-refractivity contribution in [2.75, 3.05) is 32.9 Å². The Morgan fingerprint density at radius 2 is 1.86 bits per heavy atom. The number of epoxide rings is 1. The fourth-order valence-electron chi connectivity index (χ4n) is 3.63. The highest BCUT2D eigenvalue weighted by Gasteiger charge is 2.50. The molecule has 0 atom stereocenters. The molecule has 3 heterocycles. The SMILES string of the molecule is O=C(OC1CCC2(CC1)CO2)N1CC2(CCOC2)C1.O=CO. The van der Waals surface area contributed by atoms with Gasteiger partial charge in [-0.05, 0) is 32.1 Å². The summed E-state index contributed by atoms with van der Waals surface area (Å²) in [6.07, 6.45) is 5.04. The number of amides is 1. The van der Waals surface area contributed by atoms with Crippen molar-refractivity contribution in [1.82, 2.24) is 4.90 Å². The molecule has 1 saturated carbocycles. The van der Waals surface area contributed by atoms with Crippen molar-refractivity contribution >= 4 is 12.6 Å². The maximum absolute atomic E-state index is 12.0. The van der Waals surface area contributed by atoms with Crippen LogP contribution in [0.2, 0.25) is 0 Å². The molecule has 2 spiro atoms. The molecule has 7 nitrogen and oxygen atoms in total. The van der Waals surface area contributed by atoms with Gasteiger partial charge in [-0.2, -0.15) is 0 Å². The number of ether oxygens (including phenoxy) is 3. The summed E-state index contributed by atoms with van der Waals surface area (Å²) in [6.45, 7) is 3.92. The Balaban J connectivity index is 0.000000446. The molecular weight excluding hydrogens is 290 g/mol. The first-order valence-corrected chi connectivity index (χ1v) is 7.86. The van der Waals surface area contributed by atoms with E-state index in [-0.39, 0.29) is 29.7 Å². The van der Waals surface area contributed by atoms with Crippen LogP contribution in [0.25, 0.3) is 0 Å². The lowest BCUT2D eigenvalue weighted by atomic mass is 9.79. The Labute approximate surface area is 129 Å². The summed E-state index contributed by atoms with van der Waals surface area (Å²) in [6, 6.07) is 0. The topological polar surface area (TPSA) is 88.6 Å². The number of likely N-dealkylation sites (tertiary alicyclic amines) is 1. The second-order valence-electron chi connectivity index (χ2n) is 6.82. The smallest absolute Gasteiger partial charge is 0.410 e. The Kier molecular flexibility index (Phi) is 4.27. The third-order valence-electron chi connectivity index (χ3n) is 5.16. The molecular formula is C15H23NO6. The Morgan fingerprint density at radius 1 is 1.23 bits per heavy atom. The van der Waals surface area contributed by atoms with Crippen molar-refractivity contribution in [3.05, 3.63) is 0 Å². The fourth-order valence-corrected chi connectivity index (χ4v) is 3.63. The van der Waals surface area contributed by atoms with Crippen LogP contribution in [0.15, 0.2) is 0 Å². The second kappa shape index (κ2) is 6.04. The highest BCUT2D eigenvalue weighted by Crippen LogP contribution is 2.43. The average molecular weight is 313 g/mol. The minimum absolute atomic E-state index is 0.0960. The van der Waals surface area contributed by atoms with E-state index in [1.165, 1.54) is 0 Å². The van der Waals surface area contributed by atoms with Crippen LogP contribution < -0.4 is 0 Å². The van der Waals surface area contributed by atoms with Crippen molar-refractivity contribution in [1.29, 1.82) is 0 Å². The van der Waals surface area contributed by atoms with Gasteiger partial charge in [0.1, 0.15) is 6.10 Å². The monoisotopic (exact) mass is 313 g/mol. The summed E-state index contributed by atoms with van der Waals surface area (Å²) in [4.78, 5) is 22.2. The van der Waals surface area contributed by atoms with Crippen molar-refractivity contribution in [2.24, 2.45) is 5.41 Å². The van der Waals surface area contributed by atoms with Crippen molar-refractivity contribution in [3.8, 4) is 0 Å². The normalized spacial score (nSPS) is 34.5. The van der Waals surface area contributed by atoms with Crippen LogP contribution in [0, 0.1) is 5.41 Å². The summed E-state index contributed by atoms with van der Waals surface area (Å²) >= 11 is 0. The molecule has 1 amide bonds. The molecule has 0 bridgehead atoms. The van der Waals surface area contributed by atoms with Gasteiger partial charge in [0.05, 0.1) is 18.8 Å².